The lowest BCUT2D eigenvalue weighted by Crippen LogP contribution is -2.54. The fraction of sp³-hybridized carbons (Fsp3) is 0.941. The van der Waals surface area contributed by atoms with Gasteiger partial charge in [-0.1, -0.05) is 20.8 Å². The van der Waals surface area contributed by atoms with Crippen molar-refractivity contribution in [2.75, 3.05) is 40.3 Å². The monoisotopic (exact) mass is 295 g/mol. The van der Waals surface area contributed by atoms with Crippen LogP contribution in [0.5, 0.6) is 0 Å². The molecule has 1 aliphatic heterocycles. The normalized spacial score (nSPS) is 28.5. The minimum Gasteiger partial charge on any atom is -0.331 e. The molecule has 2 rings (SSSR count). The van der Waals surface area contributed by atoms with Crippen molar-refractivity contribution in [3.63, 3.8) is 0 Å². The van der Waals surface area contributed by atoms with E-state index in [1.54, 1.807) is 4.90 Å². The Morgan fingerprint density at radius 2 is 1.48 bits per heavy atom. The first-order valence-corrected chi connectivity index (χ1v) is 8.49. The summed E-state index contributed by atoms with van der Waals surface area (Å²) in [5.41, 5.74) is 0.460. The summed E-state index contributed by atoms with van der Waals surface area (Å²) < 4.78 is 0. The summed E-state index contributed by atoms with van der Waals surface area (Å²) >= 11 is 0. The lowest BCUT2D eigenvalue weighted by Gasteiger charge is -2.44. The maximum Gasteiger partial charge on any atom is 0.319 e. The molecule has 0 atom stereocenters. The predicted molar refractivity (Wildman–Crippen MR) is 87.4 cm³/mol. The Morgan fingerprint density at radius 3 is 1.90 bits per heavy atom. The van der Waals surface area contributed by atoms with Gasteiger partial charge in [0.2, 0.25) is 0 Å². The molecule has 2 fully saturated rings. The minimum absolute atomic E-state index is 0.158. The van der Waals surface area contributed by atoms with E-state index in [2.05, 4.69) is 25.7 Å². The summed E-state index contributed by atoms with van der Waals surface area (Å²) in [4.78, 5) is 18.3. The van der Waals surface area contributed by atoms with Gasteiger partial charge in [-0.15, -0.1) is 0 Å². The zero-order valence-electron chi connectivity index (χ0n) is 14.6. The molecule has 0 aromatic heterocycles. The second-order valence-electron chi connectivity index (χ2n) is 8.07. The van der Waals surface area contributed by atoms with E-state index in [1.165, 1.54) is 25.7 Å². The molecule has 2 aliphatic rings. The van der Waals surface area contributed by atoms with E-state index < -0.39 is 0 Å². The average molecular weight is 295 g/mol. The van der Waals surface area contributed by atoms with Gasteiger partial charge in [0, 0.05) is 46.3 Å². The molecule has 0 radical (unpaired) electrons. The van der Waals surface area contributed by atoms with Crippen molar-refractivity contribution in [1.82, 2.24) is 14.7 Å². The highest BCUT2D eigenvalue weighted by molar-refractivity contribution is 5.73. The van der Waals surface area contributed by atoms with Gasteiger partial charge in [0.25, 0.3) is 0 Å². The number of carbonyl (C=O) groups excluding carboxylic acids is 1. The molecule has 0 aromatic rings. The summed E-state index contributed by atoms with van der Waals surface area (Å²) in [7, 11) is 3.67. The molecule has 1 saturated carbocycles. The first-order chi connectivity index (χ1) is 9.79. The molecule has 0 bridgehead atoms. The summed E-state index contributed by atoms with van der Waals surface area (Å²) in [5.74, 6) is 0.880. The first kappa shape index (κ1) is 16.6. The SMILES string of the molecule is CN(C)C(=O)N1CCN(C2CCC(C(C)(C)C)CC2)CC1. The smallest absolute Gasteiger partial charge is 0.319 e. The third-order valence-corrected chi connectivity index (χ3v) is 5.41. The molecular formula is C17H33N3O. The van der Waals surface area contributed by atoms with Gasteiger partial charge in [0.05, 0.1) is 0 Å². The fourth-order valence-corrected chi connectivity index (χ4v) is 3.87. The van der Waals surface area contributed by atoms with Gasteiger partial charge in [-0.25, -0.2) is 4.79 Å². The molecule has 4 nitrogen and oxygen atoms in total. The highest BCUT2D eigenvalue weighted by atomic mass is 16.2. The standard InChI is InChI=1S/C17H33N3O/c1-17(2,3)14-6-8-15(9-7-14)19-10-12-20(13-11-19)16(21)18(4)5/h14-15H,6-13H2,1-5H3. The van der Waals surface area contributed by atoms with Crippen LogP contribution in [0.15, 0.2) is 0 Å². The van der Waals surface area contributed by atoms with E-state index in [0.717, 1.165) is 38.1 Å². The molecule has 21 heavy (non-hydrogen) atoms. The second-order valence-corrected chi connectivity index (χ2v) is 8.07. The second kappa shape index (κ2) is 6.55. The van der Waals surface area contributed by atoms with Crippen LogP contribution in [0.25, 0.3) is 0 Å². The molecule has 0 spiro atoms. The molecule has 0 aromatic carbocycles. The van der Waals surface area contributed by atoms with Crippen molar-refractivity contribution in [1.29, 1.82) is 0 Å². The Bertz CT molecular complexity index is 346. The van der Waals surface area contributed by atoms with Crippen LogP contribution < -0.4 is 0 Å². The van der Waals surface area contributed by atoms with E-state index in [0.29, 0.717) is 5.41 Å². The molecule has 1 saturated heterocycles. The number of hydrogen-bond acceptors (Lipinski definition) is 2. The molecule has 0 unspecified atom stereocenters. The van der Waals surface area contributed by atoms with Gasteiger partial charge < -0.3 is 9.80 Å². The van der Waals surface area contributed by atoms with Gasteiger partial charge in [-0.05, 0) is 37.0 Å². The van der Waals surface area contributed by atoms with Gasteiger partial charge in [-0.3, -0.25) is 4.90 Å². The van der Waals surface area contributed by atoms with E-state index in [4.69, 9.17) is 0 Å². The Kier molecular flexibility index (Phi) is 5.18. The molecule has 0 N–H and O–H groups in total. The Balaban J connectivity index is 1.78. The number of nitrogens with zero attached hydrogens (tertiary/aromatic N) is 3. The first-order valence-electron chi connectivity index (χ1n) is 8.49. The van der Waals surface area contributed by atoms with Crippen molar-refractivity contribution in [3.8, 4) is 0 Å². The molecule has 4 heteroatoms. The largest absolute Gasteiger partial charge is 0.331 e. The summed E-state index contributed by atoms with van der Waals surface area (Å²) in [6.45, 7) is 11.0. The van der Waals surface area contributed by atoms with Crippen LogP contribution >= 0.6 is 0 Å². The van der Waals surface area contributed by atoms with Crippen molar-refractivity contribution in [3.05, 3.63) is 0 Å². The number of rotatable bonds is 1. The zero-order chi connectivity index (χ0) is 15.6. The van der Waals surface area contributed by atoms with Crippen LogP contribution in [0.3, 0.4) is 0 Å². The Morgan fingerprint density at radius 1 is 0.952 bits per heavy atom. The molecule has 122 valence electrons. The quantitative estimate of drug-likeness (QED) is 0.743. The number of hydrogen-bond donors (Lipinski definition) is 0. The third-order valence-electron chi connectivity index (χ3n) is 5.41. The Labute approximate surface area is 130 Å². The van der Waals surface area contributed by atoms with Crippen LogP contribution in [0.2, 0.25) is 0 Å². The number of urea groups is 1. The van der Waals surface area contributed by atoms with Gasteiger partial charge >= 0.3 is 6.03 Å². The number of carbonyl (C=O) groups is 1. The van der Waals surface area contributed by atoms with Gasteiger partial charge in [-0.2, -0.15) is 0 Å². The van der Waals surface area contributed by atoms with Crippen molar-refractivity contribution >= 4 is 6.03 Å². The van der Waals surface area contributed by atoms with Crippen LogP contribution in [-0.2, 0) is 0 Å². The highest BCUT2D eigenvalue weighted by Gasteiger charge is 2.33. The summed E-state index contributed by atoms with van der Waals surface area (Å²) in [6.07, 6.45) is 5.41. The van der Waals surface area contributed by atoms with Crippen LogP contribution in [0.4, 0.5) is 4.79 Å². The summed E-state index contributed by atoms with van der Waals surface area (Å²) in [5, 5.41) is 0. The van der Waals surface area contributed by atoms with E-state index in [-0.39, 0.29) is 6.03 Å². The average Bonchev–Trinajstić information content (AvgIpc) is 2.46. The third kappa shape index (κ3) is 4.12. The Hall–Kier alpha value is -0.770. The van der Waals surface area contributed by atoms with Gasteiger partial charge in [0.15, 0.2) is 0 Å². The minimum atomic E-state index is 0.158. The van der Waals surface area contributed by atoms with Crippen LogP contribution in [0.1, 0.15) is 46.5 Å². The molecule has 1 aliphatic carbocycles. The van der Waals surface area contributed by atoms with Crippen LogP contribution in [0, 0.1) is 11.3 Å². The zero-order valence-corrected chi connectivity index (χ0v) is 14.6. The maximum atomic E-state index is 12.0. The van der Waals surface area contributed by atoms with E-state index >= 15 is 0 Å². The van der Waals surface area contributed by atoms with Crippen LogP contribution in [-0.4, -0.2) is 67.0 Å². The molecular weight excluding hydrogens is 262 g/mol. The topological polar surface area (TPSA) is 26.8 Å². The van der Waals surface area contributed by atoms with E-state index in [1.807, 2.05) is 19.0 Å². The van der Waals surface area contributed by atoms with E-state index in [9.17, 15) is 4.79 Å². The lowest BCUT2D eigenvalue weighted by atomic mass is 9.71. The molecule has 2 amide bonds. The van der Waals surface area contributed by atoms with Crippen molar-refractivity contribution in [2.45, 2.75) is 52.5 Å². The summed E-state index contributed by atoms with van der Waals surface area (Å²) in [6, 6.07) is 0.909. The lowest BCUT2D eigenvalue weighted by molar-refractivity contribution is 0.0590. The fourth-order valence-electron chi connectivity index (χ4n) is 3.87. The number of amides is 2. The highest BCUT2D eigenvalue weighted by Crippen LogP contribution is 2.39. The predicted octanol–water partition coefficient (Wildman–Crippen LogP) is 2.89. The van der Waals surface area contributed by atoms with Crippen molar-refractivity contribution < 1.29 is 4.79 Å². The van der Waals surface area contributed by atoms with Gasteiger partial charge in [0.1, 0.15) is 0 Å². The molecule has 1 heterocycles. The number of piperazine rings is 1. The maximum absolute atomic E-state index is 12.0. The van der Waals surface area contributed by atoms with Crippen molar-refractivity contribution in [2.24, 2.45) is 11.3 Å².